The van der Waals surface area contributed by atoms with E-state index in [1.807, 2.05) is 36.6 Å². The van der Waals surface area contributed by atoms with Crippen LogP contribution in [0.1, 0.15) is 28.9 Å². The average molecular weight is 310 g/mol. The van der Waals surface area contributed by atoms with Gasteiger partial charge in [0.2, 0.25) is 10.0 Å². The normalized spacial score (nSPS) is 19.4. The lowest BCUT2D eigenvalue weighted by atomic mass is 10.1. The van der Waals surface area contributed by atoms with Crippen LogP contribution in [0.5, 0.6) is 0 Å². The number of hydrogen-bond acceptors (Lipinski definition) is 5. The Morgan fingerprint density at radius 2 is 2.20 bits per heavy atom. The number of furan rings is 1. The van der Waals surface area contributed by atoms with E-state index in [1.165, 1.54) is 22.0 Å². The maximum atomic E-state index is 11.9. The summed E-state index contributed by atoms with van der Waals surface area (Å²) in [5.41, 5.74) is 0.668. The summed E-state index contributed by atoms with van der Waals surface area (Å²) >= 11 is 1.53. The maximum Gasteiger partial charge on any atom is 0.247 e. The molecule has 0 saturated carbocycles. The van der Waals surface area contributed by atoms with Crippen LogP contribution in [0.4, 0.5) is 0 Å². The first-order valence-electron chi connectivity index (χ1n) is 6.12. The Morgan fingerprint density at radius 1 is 1.40 bits per heavy atom. The summed E-state index contributed by atoms with van der Waals surface area (Å²) in [6.45, 7) is 1.85. The second-order valence-corrected chi connectivity index (χ2v) is 7.55. The topological polar surface area (TPSA) is 62.9 Å². The average Bonchev–Trinajstić information content (AvgIpc) is 3.06. The van der Waals surface area contributed by atoms with Gasteiger partial charge in [-0.1, -0.05) is 6.07 Å². The van der Waals surface area contributed by atoms with Gasteiger partial charge in [0.05, 0.1) is 6.26 Å². The number of hydrogen-bond donors (Lipinski definition) is 0. The Kier molecular flexibility index (Phi) is 3.18. The third-order valence-corrected chi connectivity index (χ3v) is 5.10. The largest absolute Gasteiger partial charge is 0.460 e. The highest BCUT2D eigenvalue weighted by Crippen LogP contribution is 2.36. The van der Waals surface area contributed by atoms with Gasteiger partial charge in [-0.3, -0.25) is 0 Å². The van der Waals surface area contributed by atoms with Gasteiger partial charge in [0.15, 0.2) is 0 Å². The Balaban J connectivity index is 2.00. The molecule has 106 valence electrons. The summed E-state index contributed by atoms with van der Waals surface area (Å²) in [6, 6.07) is 7.24. The lowest BCUT2D eigenvalue weighted by Gasteiger charge is -2.19. The van der Waals surface area contributed by atoms with Gasteiger partial charge in [0, 0.05) is 11.3 Å². The van der Waals surface area contributed by atoms with Crippen LogP contribution in [-0.2, 0) is 10.0 Å². The van der Waals surface area contributed by atoms with E-state index in [2.05, 4.69) is 5.10 Å². The number of rotatable bonds is 3. The highest BCUT2D eigenvalue weighted by molar-refractivity contribution is 7.88. The highest BCUT2D eigenvalue weighted by atomic mass is 32.2. The van der Waals surface area contributed by atoms with Crippen molar-refractivity contribution < 1.29 is 12.8 Å². The summed E-state index contributed by atoms with van der Waals surface area (Å²) in [5, 5.41) is 6.19. The minimum Gasteiger partial charge on any atom is -0.460 e. The van der Waals surface area contributed by atoms with Gasteiger partial charge in [-0.05, 0) is 30.5 Å². The molecular weight excluding hydrogens is 296 g/mol. The summed E-state index contributed by atoms with van der Waals surface area (Å²) < 4.78 is 30.6. The molecule has 3 rings (SSSR count). The highest BCUT2D eigenvalue weighted by Gasteiger charge is 2.35. The maximum absolute atomic E-state index is 11.9. The standard InChI is InChI=1S/C13H14N2O3S2/c1-9-5-6-12(18-9)10-8-11(13-4-3-7-19-13)15(14-10)20(2,16)17/h3-7,11H,8H2,1-2H3/t11-/m1/s1. The van der Waals surface area contributed by atoms with Gasteiger partial charge in [-0.2, -0.15) is 9.52 Å². The van der Waals surface area contributed by atoms with Crippen molar-refractivity contribution in [2.45, 2.75) is 19.4 Å². The molecule has 0 fully saturated rings. The summed E-state index contributed by atoms with van der Waals surface area (Å²) in [5.74, 6) is 1.42. The van der Waals surface area contributed by atoms with E-state index in [-0.39, 0.29) is 6.04 Å². The van der Waals surface area contributed by atoms with Crippen LogP contribution in [0, 0.1) is 6.92 Å². The number of sulfonamides is 1. The third kappa shape index (κ3) is 2.38. The molecule has 0 bridgehead atoms. The molecule has 2 aromatic rings. The molecule has 0 radical (unpaired) electrons. The first kappa shape index (κ1) is 13.4. The van der Waals surface area contributed by atoms with E-state index in [1.54, 1.807) is 0 Å². The smallest absolute Gasteiger partial charge is 0.247 e. The van der Waals surface area contributed by atoms with Gasteiger partial charge >= 0.3 is 0 Å². The molecule has 0 aromatic carbocycles. The number of thiophene rings is 1. The minimum atomic E-state index is -3.40. The van der Waals surface area contributed by atoms with Crippen LogP contribution < -0.4 is 0 Å². The zero-order valence-corrected chi connectivity index (χ0v) is 12.7. The van der Waals surface area contributed by atoms with Crippen molar-refractivity contribution in [3.8, 4) is 0 Å². The SMILES string of the molecule is Cc1ccc(C2=NN(S(C)(=O)=O)[C@@H](c3cccs3)C2)o1. The van der Waals surface area contributed by atoms with Crippen molar-refractivity contribution in [1.29, 1.82) is 0 Å². The Labute approximate surface area is 121 Å². The molecule has 0 amide bonds. The first-order valence-corrected chi connectivity index (χ1v) is 8.85. The fraction of sp³-hybridized carbons (Fsp3) is 0.308. The first-order chi connectivity index (χ1) is 9.45. The number of hydrazone groups is 1. The van der Waals surface area contributed by atoms with Crippen LogP contribution in [0.2, 0.25) is 0 Å². The third-order valence-electron chi connectivity index (χ3n) is 3.11. The summed E-state index contributed by atoms with van der Waals surface area (Å²) in [7, 11) is -3.40. The van der Waals surface area contributed by atoms with Gasteiger partial charge < -0.3 is 4.42 Å². The second-order valence-electron chi connectivity index (χ2n) is 4.73. The Morgan fingerprint density at radius 3 is 2.75 bits per heavy atom. The molecule has 1 aliphatic rings. The zero-order chi connectivity index (χ0) is 14.3. The molecule has 0 N–H and O–H groups in total. The number of aryl methyl sites for hydroxylation is 1. The van der Waals surface area contributed by atoms with E-state index < -0.39 is 10.0 Å². The zero-order valence-electron chi connectivity index (χ0n) is 11.1. The molecule has 5 nitrogen and oxygen atoms in total. The van der Waals surface area contributed by atoms with Gasteiger partial charge in [-0.15, -0.1) is 11.3 Å². The fourth-order valence-electron chi connectivity index (χ4n) is 2.23. The van der Waals surface area contributed by atoms with Crippen molar-refractivity contribution in [3.63, 3.8) is 0 Å². The molecule has 3 heterocycles. The van der Waals surface area contributed by atoms with Gasteiger partial charge in [-0.25, -0.2) is 8.42 Å². The quantitative estimate of drug-likeness (QED) is 0.875. The summed E-state index contributed by atoms with van der Waals surface area (Å²) in [4.78, 5) is 0.984. The van der Waals surface area contributed by atoms with E-state index >= 15 is 0 Å². The molecular formula is C13H14N2O3S2. The van der Waals surface area contributed by atoms with Crippen LogP contribution in [0.15, 0.2) is 39.2 Å². The van der Waals surface area contributed by atoms with E-state index in [9.17, 15) is 8.42 Å². The van der Waals surface area contributed by atoms with E-state index in [0.717, 1.165) is 10.6 Å². The van der Waals surface area contributed by atoms with Crippen molar-refractivity contribution in [2.24, 2.45) is 5.10 Å². The lowest BCUT2D eigenvalue weighted by molar-refractivity contribution is 0.379. The van der Waals surface area contributed by atoms with Crippen molar-refractivity contribution in [1.82, 2.24) is 4.41 Å². The monoisotopic (exact) mass is 310 g/mol. The van der Waals surface area contributed by atoms with Crippen LogP contribution in [0.25, 0.3) is 0 Å². The lowest BCUT2D eigenvalue weighted by Crippen LogP contribution is -2.25. The molecule has 0 saturated heterocycles. The second kappa shape index (κ2) is 4.75. The van der Waals surface area contributed by atoms with Crippen LogP contribution in [-0.4, -0.2) is 24.8 Å². The Hall–Kier alpha value is -1.60. The molecule has 0 spiro atoms. The molecule has 1 aliphatic heterocycles. The van der Waals surface area contributed by atoms with Crippen LogP contribution in [0.3, 0.4) is 0 Å². The summed E-state index contributed by atoms with van der Waals surface area (Å²) in [6.07, 6.45) is 1.70. The van der Waals surface area contributed by atoms with Crippen molar-refractivity contribution in [2.75, 3.05) is 6.26 Å². The van der Waals surface area contributed by atoms with Crippen LogP contribution >= 0.6 is 11.3 Å². The fourth-order valence-corrected chi connectivity index (χ4v) is 4.00. The minimum absolute atomic E-state index is 0.273. The molecule has 0 unspecified atom stereocenters. The van der Waals surface area contributed by atoms with Gasteiger partial charge in [0.1, 0.15) is 23.3 Å². The van der Waals surface area contributed by atoms with E-state index in [4.69, 9.17) is 4.42 Å². The van der Waals surface area contributed by atoms with Crippen molar-refractivity contribution >= 4 is 27.1 Å². The predicted molar refractivity (Wildman–Crippen MR) is 78.3 cm³/mol. The Bertz CT molecular complexity index is 744. The van der Waals surface area contributed by atoms with Gasteiger partial charge in [0.25, 0.3) is 0 Å². The molecule has 20 heavy (non-hydrogen) atoms. The van der Waals surface area contributed by atoms with E-state index in [0.29, 0.717) is 17.9 Å². The molecule has 7 heteroatoms. The molecule has 1 atom stereocenters. The predicted octanol–water partition coefficient (Wildman–Crippen LogP) is 2.76. The molecule has 2 aromatic heterocycles. The van der Waals surface area contributed by atoms with Crippen molar-refractivity contribution in [3.05, 3.63) is 46.0 Å². The number of nitrogens with zero attached hydrogens (tertiary/aromatic N) is 2. The molecule has 0 aliphatic carbocycles.